The molecule has 2 aromatic rings. The quantitative estimate of drug-likeness (QED) is 0.564. The van der Waals surface area contributed by atoms with E-state index in [1.165, 1.54) is 12.1 Å². The van der Waals surface area contributed by atoms with Gasteiger partial charge in [0.05, 0.1) is 19.1 Å². The molecule has 0 atom stereocenters. The van der Waals surface area contributed by atoms with Gasteiger partial charge in [-0.15, -0.1) is 0 Å². The van der Waals surface area contributed by atoms with Gasteiger partial charge in [-0.1, -0.05) is 6.07 Å². The zero-order chi connectivity index (χ0) is 19.4. The van der Waals surface area contributed by atoms with Crippen LogP contribution in [0.1, 0.15) is 12.8 Å². The summed E-state index contributed by atoms with van der Waals surface area (Å²) in [7, 11) is 3.13. The third-order valence-electron chi connectivity index (χ3n) is 4.58. The summed E-state index contributed by atoms with van der Waals surface area (Å²) >= 11 is 0. The van der Waals surface area contributed by atoms with Crippen molar-refractivity contribution in [2.24, 2.45) is 0 Å². The van der Waals surface area contributed by atoms with Crippen molar-refractivity contribution in [1.29, 1.82) is 0 Å². The summed E-state index contributed by atoms with van der Waals surface area (Å²) in [6.45, 7) is 1.04. The number of para-hydroxylation sites is 1. The summed E-state index contributed by atoms with van der Waals surface area (Å²) < 4.78 is 30.4. The fourth-order valence-corrected chi connectivity index (χ4v) is 3.22. The van der Waals surface area contributed by atoms with Crippen LogP contribution in [0.15, 0.2) is 36.4 Å². The first kappa shape index (κ1) is 18.8. The monoisotopic (exact) mass is 376 g/mol. The number of anilines is 1. The van der Waals surface area contributed by atoms with Crippen molar-refractivity contribution < 1.29 is 23.5 Å². The number of nitro benzene ring substituents is 1. The highest BCUT2D eigenvalue weighted by atomic mass is 19.1. The van der Waals surface area contributed by atoms with Gasteiger partial charge in [0.25, 0.3) is 5.69 Å². The molecule has 1 aliphatic heterocycles. The molecule has 0 spiro atoms. The second kappa shape index (κ2) is 8.11. The van der Waals surface area contributed by atoms with E-state index in [1.807, 2.05) is 11.0 Å². The van der Waals surface area contributed by atoms with Crippen LogP contribution in [0, 0.1) is 15.9 Å². The van der Waals surface area contributed by atoms with Crippen LogP contribution in [0.5, 0.6) is 17.2 Å². The molecule has 7 nitrogen and oxygen atoms in total. The van der Waals surface area contributed by atoms with Gasteiger partial charge in [-0.25, -0.2) is 4.39 Å². The SMILES string of the molecule is COc1cccc(OC)c1OC1CCN(c2cc(F)ccc2[N+](=O)[O-])CC1. The van der Waals surface area contributed by atoms with Crippen molar-refractivity contribution in [2.75, 3.05) is 32.2 Å². The lowest BCUT2D eigenvalue weighted by Crippen LogP contribution is -2.38. The molecule has 144 valence electrons. The molecular formula is C19H21FN2O5. The van der Waals surface area contributed by atoms with E-state index in [0.717, 1.165) is 6.07 Å². The topological polar surface area (TPSA) is 74.1 Å². The van der Waals surface area contributed by atoms with Crippen LogP contribution in [0.2, 0.25) is 0 Å². The van der Waals surface area contributed by atoms with Crippen LogP contribution < -0.4 is 19.1 Å². The highest BCUT2D eigenvalue weighted by Gasteiger charge is 2.27. The molecule has 1 heterocycles. The highest BCUT2D eigenvalue weighted by Crippen LogP contribution is 2.39. The number of benzene rings is 2. The summed E-state index contributed by atoms with van der Waals surface area (Å²) in [5.74, 6) is 1.21. The average Bonchev–Trinajstić information content (AvgIpc) is 2.68. The van der Waals surface area contributed by atoms with Crippen molar-refractivity contribution in [1.82, 2.24) is 0 Å². The molecule has 0 saturated carbocycles. The fraction of sp³-hybridized carbons (Fsp3) is 0.368. The van der Waals surface area contributed by atoms with E-state index in [4.69, 9.17) is 14.2 Å². The normalized spacial score (nSPS) is 14.7. The van der Waals surface area contributed by atoms with E-state index in [0.29, 0.717) is 48.9 Å². The number of rotatable bonds is 6. The van der Waals surface area contributed by atoms with Gasteiger partial charge in [-0.05, 0) is 18.2 Å². The van der Waals surface area contributed by atoms with Crippen LogP contribution in [-0.2, 0) is 0 Å². The maximum atomic E-state index is 13.6. The largest absolute Gasteiger partial charge is 0.493 e. The lowest BCUT2D eigenvalue weighted by molar-refractivity contribution is -0.384. The van der Waals surface area contributed by atoms with Gasteiger partial charge in [0.15, 0.2) is 11.5 Å². The molecule has 0 radical (unpaired) electrons. The number of methoxy groups -OCH3 is 2. The molecule has 2 aromatic carbocycles. The minimum atomic E-state index is -0.493. The average molecular weight is 376 g/mol. The number of nitrogens with zero attached hydrogens (tertiary/aromatic N) is 2. The maximum absolute atomic E-state index is 13.6. The van der Waals surface area contributed by atoms with Crippen molar-refractivity contribution in [3.05, 3.63) is 52.3 Å². The smallest absolute Gasteiger partial charge is 0.292 e. The first-order chi connectivity index (χ1) is 13.0. The lowest BCUT2D eigenvalue weighted by atomic mass is 10.1. The molecule has 0 aliphatic carbocycles. The van der Waals surface area contributed by atoms with Crippen molar-refractivity contribution in [3.8, 4) is 17.2 Å². The van der Waals surface area contributed by atoms with Crippen LogP contribution >= 0.6 is 0 Å². The van der Waals surface area contributed by atoms with Gasteiger partial charge in [0, 0.05) is 38.1 Å². The Morgan fingerprint density at radius 2 is 1.74 bits per heavy atom. The molecule has 27 heavy (non-hydrogen) atoms. The van der Waals surface area contributed by atoms with Gasteiger partial charge < -0.3 is 19.1 Å². The predicted octanol–water partition coefficient (Wildman–Crippen LogP) is 3.80. The maximum Gasteiger partial charge on any atom is 0.292 e. The Kier molecular flexibility index (Phi) is 5.63. The number of piperidine rings is 1. The number of hydrogen-bond donors (Lipinski definition) is 0. The number of nitro groups is 1. The molecule has 1 saturated heterocycles. The first-order valence-electron chi connectivity index (χ1n) is 8.60. The third-order valence-corrected chi connectivity index (χ3v) is 4.58. The Bertz CT molecular complexity index is 799. The number of halogens is 1. The molecule has 1 aliphatic rings. The minimum absolute atomic E-state index is 0.0952. The molecule has 0 amide bonds. The molecule has 0 aromatic heterocycles. The van der Waals surface area contributed by atoms with E-state index in [1.54, 1.807) is 26.4 Å². The summed E-state index contributed by atoms with van der Waals surface area (Å²) in [5, 5.41) is 11.2. The minimum Gasteiger partial charge on any atom is -0.493 e. The molecule has 1 fully saturated rings. The highest BCUT2D eigenvalue weighted by molar-refractivity contribution is 5.63. The van der Waals surface area contributed by atoms with E-state index >= 15 is 0 Å². The second-order valence-electron chi connectivity index (χ2n) is 6.19. The second-order valence-corrected chi connectivity index (χ2v) is 6.19. The number of hydrogen-bond acceptors (Lipinski definition) is 6. The van der Waals surface area contributed by atoms with E-state index < -0.39 is 10.7 Å². The van der Waals surface area contributed by atoms with Gasteiger partial charge in [0.1, 0.15) is 17.6 Å². The van der Waals surface area contributed by atoms with Crippen molar-refractivity contribution in [3.63, 3.8) is 0 Å². The van der Waals surface area contributed by atoms with Gasteiger partial charge in [-0.3, -0.25) is 10.1 Å². The van der Waals surface area contributed by atoms with Crippen molar-refractivity contribution in [2.45, 2.75) is 18.9 Å². The molecule has 0 unspecified atom stereocenters. The molecule has 0 N–H and O–H groups in total. The van der Waals surface area contributed by atoms with Crippen LogP contribution in [-0.4, -0.2) is 38.3 Å². The third kappa shape index (κ3) is 4.05. The zero-order valence-corrected chi connectivity index (χ0v) is 15.2. The Balaban J connectivity index is 1.72. The Labute approximate surface area is 156 Å². The Morgan fingerprint density at radius 3 is 2.30 bits per heavy atom. The van der Waals surface area contributed by atoms with Crippen LogP contribution in [0.3, 0.4) is 0 Å². The Morgan fingerprint density at radius 1 is 1.11 bits per heavy atom. The van der Waals surface area contributed by atoms with Crippen molar-refractivity contribution >= 4 is 11.4 Å². The van der Waals surface area contributed by atoms with E-state index in [2.05, 4.69) is 0 Å². The molecular weight excluding hydrogens is 355 g/mol. The fourth-order valence-electron chi connectivity index (χ4n) is 3.22. The first-order valence-corrected chi connectivity index (χ1v) is 8.60. The van der Waals surface area contributed by atoms with Gasteiger partial charge in [0.2, 0.25) is 5.75 Å². The Hall–Kier alpha value is -3.03. The number of ether oxygens (including phenoxy) is 3. The molecule has 0 bridgehead atoms. The summed E-state index contributed by atoms with van der Waals surface area (Å²) in [6.07, 6.45) is 1.17. The summed E-state index contributed by atoms with van der Waals surface area (Å²) in [4.78, 5) is 12.6. The molecule has 3 rings (SSSR count). The summed E-state index contributed by atoms with van der Waals surface area (Å²) in [6, 6.07) is 8.92. The molecule has 8 heteroatoms. The zero-order valence-electron chi connectivity index (χ0n) is 15.2. The van der Waals surface area contributed by atoms with Crippen LogP contribution in [0.4, 0.5) is 15.8 Å². The van der Waals surface area contributed by atoms with Crippen LogP contribution in [0.25, 0.3) is 0 Å². The lowest BCUT2D eigenvalue weighted by Gasteiger charge is -2.33. The van der Waals surface area contributed by atoms with E-state index in [9.17, 15) is 14.5 Å². The standard InChI is InChI=1S/C19H21FN2O5/c1-25-17-4-3-5-18(26-2)19(17)27-14-8-10-21(11-9-14)16-12-13(20)6-7-15(16)22(23)24/h3-7,12,14H,8-11H2,1-2H3. The van der Waals surface area contributed by atoms with Gasteiger partial charge in [-0.2, -0.15) is 0 Å². The summed E-state index contributed by atoms with van der Waals surface area (Å²) in [5.41, 5.74) is 0.204. The predicted molar refractivity (Wildman–Crippen MR) is 98.5 cm³/mol. The van der Waals surface area contributed by atoms with E-state index in [-0.39, 0.29) is 11.8 Å². The van der Waals surface area contributed by atoms with Gasteiger partial charge >= 0.3 is 0 Å².